The van der Waals surface area contributed by atoms with Gasteiger partial charge in [-0.25, -0.2) is 0 Å². The molecule has 0 radical (unpaired) electrons. The van der Waals surface area contributed by atoms with Gasteiger partial charge in [-0.2, -0.15) is 0 Å². The Morgan fingerprint density at radius 3 is 2.59 bits per heavy atom. The summed E-state index contributed by atoms with van der Waals surface area (Å²) in [7, 11) is 0. The van der Waals surface area contributed by atoms with Crippen LogP contribution in [-0.2, 0) is 9.59 Å². The van der Waals surface area contributed by atoms with Gasteiger partial charge < -0.3 is 5.11 Å². The van der Waals surface area contributed by atoms with Crippen LogP contribution < -0.4 is 0 Å². The van der Waals surface area contributed by atoms with E-state index < -0.39 is 6.10 Å². The molecule has 3 heteroatoms. The van der Waals surface area contributed by atoms with Crippen molar-refractivity contribution >= 4 is 11.6 Å². The number of hydrogen-bond donors (Lipinski definition) is 1. The van der Waals surface area contributed by atoms with Crippen molar-refractivity contribution in [2.45, 2.75) is 64.9 Å². The van der Waals surface area contributed by atoms with E-state index in [9.17, 15) is 14.7 Å². The van der Waals surface area contributed by atoms with Crippen LogP contribution in [0.3, 0.4) is 0 Å². The van der Waals surface area contributed by atoms with Crippen LogP contribution in [0.25, 0.3) is 0 Å². The second-order valence-corrected chi connectivity index (χ2v) is 8.54. The number of fused-ring (bicyclic) bond motifs is 5. The summed E-state index contributed by atoms with van der Waals surface area (Å²) in [4.78, 5) is 24.2. The first-order valence-corrected chi connectivity index (χ1v) is 8.82. The quantitative estimate of drug-likeness (QED) is 0.748. The molecule has 22 heavy (non-hydrogen) atoms. The molecule has 4 rings (SSSR count). The maximum atomic E-state index is 12.4. The lowest BCUT2D eigenvalue weighted by Crippen LogP contribution is -2.50. The fourth-order valence-electron chi connectivity index (χ4n) is 6.35. The zero-order valence-electron chi connectivity index (χ0n) is 13.6. The number of carbonyl (C=O) groups is 2. The lowest BCUT2D eigenvalue weighted by molar-refractivity contribution is -0.137. The first-order chi connectivity index (χ1) is 10.4. The minimum absolute atomic E-state index is 0.0845. The molecule has 0 aromatic rings. The van der Waals surface area contributed by atoms with Gasteiger partial charge >= 0.3 is 0 Å². The molecule has 3 fully saturated rings. The summed E-state index contributed by atoms with van der Waals surface area (Å²) in [6.45, 7) is 4.43. The molecule has 0 amide bonds. The molecular formula is C19H26O3. The first kappa shape index (κ1) is 14.6. The van der Waals surface area contributed by atoms with Crippen LogP contribution in [0.2, 0.25) is 0 Å². The molecule has 4 aliphatic rings. The first-order valence-electron chi connectivity index (χ1n) is 8.82. The molecule has 6 atom stereocenters. The van der Waals surface area contributed by atoms with E-state index in [0.29, 0.717) is 30.6 Å². The summed E-state index contributed by atoms with van der Waals surface area (Å²) < 4.78 is 0. The molecule has 1 N–H and O–H groups in total. The SMILES string of the molecule is C[C@]12CCC(=O)C=C1CC[C@@H]1[C@@H]2CC[C@]2(C)C(=O)[C@@H](O)C[C@@H]12. The van der Waals surface area contributed by atoms with Gasteiger partial charge in [0.2, 0.25) is 0 Å². The van der Waals surface area contributed by atoms with E-state index in [4.69, 9.17) is 0 Å². The fourth-order valence-corrected chi connectivity index (χ4v) is 6.35. The zero-order valence-corrected chi connectivity index (χ0v) is 13.6. The summed E-state index contributed by atoms with van der Waals surface area (Å²) in [5, 5.41) is 10.1. The van der Waals surface area contributed by atoms with Crippen LogP contribution in [0.5, 0.6) is 0 Å². The molecule has 0 aromatic carbocycles. The Labute approximate surface area is 132 Å². The van der Waals surface area contributed by atoms with Gasteiger partial charge in [-0.1, -0.05) is 19.4 Å². The van der Waals surface area contributed by atoms with Gasteiger partial charge in [0.15, 0.2) is 11.6 Å². The summed E-state index contributed by atoms with van der Waals surface area (Å²) >= 11 is 0. The van der Waals surface area contributed by atoms with E-state index in [0.717, 1.165) is 32.1 Å². The van der Waals surface area contributed by atoms with Gasteiger partial charge in [-0.05, 0) is 67.8 Å². The topological polar surface area (TPSA) is 54.4 Å². The highest BCUT2D eigenvalue weighted by Crippen LogP contribution is 2.64. The second-order valence-electron chi connectivity index (χ2n) is 8.54. The van der Waals surface area contributed by atoms with Crippen molar-refractivity contribution in [3.8, 4) is 0 Å². The lowest BCUT2D eigenvalue weighted by atomic mass is 9.47. The third-order valence-corrected chi connectivity index (χ3v) is 7.69. The van der Waals surface area contributed by atoms with Gasteiger partial charge in [0, 0.05) is 11.8 Å². The number of rotatable bonds is 0. The van der Waals surface area contributed by atoms with Crippen LogP contribution in [0.1, 0.15) is 58.8 Å². The molecule has 0 heterocycles. The van der Waals surface area contributed by atoms with E-state index in [1.54, 1.807) is 0 Å². The maximum absolute atomic E-state index is 12.4. The second kappa shape index (κ2) is 4.53. The molecule has 120 valence electrons. The number of ketones is 2. The minimum atomic E-state index is -0.744. The fraction of sp³-hybridized carbons (Fsp3) is 0.789. The van der Waals surface area contributed by atoms with Crippen molar-refractivity contribution in [1.29, 1.82) is 0 Å². The van der Waals surface area contributed by atoms with Crippen molar-refractivity contribution in [1.82, 2.24) is 0 Å². The van der Waals surface area contributed by atoms with Crippen LogP contribution in [0.4, 0.5) is 0 Å². The number of allylic oxidation sites excluding steroid dienone is 1. The maximum Gasteiger partial charge on any atom is 0.167 e. The van der Waals surface area contributed by atoms with Gasteiger partial charge in [0.1, 0.15) is 6.10 Å². The van der Waals surface area contributed by atoms with E-state index in [2.05, 4.69) is 13.8 Å². The Morgan fingerprint density at radius 2 is 1.82 bits per heavy atom. The lowest BCUT2D eigenvalue weighted by Gasteiger charge is -2.56. The van der Waals surface area contributed by atoms with Crippen LogP contribution in [0.15, 0.2) is 11.6 Å². The molecule has 0 saturated heterocycles. The number of aliphatic hydroxyl groups is 1. The predicted molar refractivity (Wildman–Crippen MR) is 83.1 cm³/mol. The van der Waals surface area contributed by atoms with E-state index >= 15 is 0 Å². The standard InChI is InChI=1S/C19H26O3/c1-18-7-5-12(20)9-11(18)3-4-13-14(18)6-8-19(2)15(13)10-16(21)17(19)22/h9,13-16,21H,3-8,10H2,1-2H3/t13-,14+,15+,16+,18+,19+/m1/s1. The molecule has 0 aromatic heterocycles. The normalized spacial score (nSPS) is 51.0. The molecule has 0 spiro atoms. The van der Waals surface area contributed by atoms with E-state index in [-0.39, 0.29) is 22.4 Å². The van der Waals surface area contributed by atoms with Crippen molar-refractivity contribution < 1.29 is 14.7 Å². The number of Topliss-reactive ketones (excluding diaryl/α,β-unsaturated/α-hetero) is 1. The van der Waals surface area contributed by atoms with Crippen LogP contribution in [0, 0.1) is 28.6 Å². The van der Waals surface area contributed by atoms with Crippen LogP contribution >= 0.6 is 0 Å². The number of carbonyl (C=O) groups excluding carboxylic acids is 2. The Kier molecular flexibility index (Phi) is 3.01. The van der Waals surface area contributed by atoms with Crippen molar-refractivity contribution in [2.75, 3.05) is 0 Å². The Hall–Kier alpha value is -0.960. The van der Waals surface area contributed by atoms with Gasteiger partial charge in [-0.3, -0.25) is 9.59 Å². The van der Waals surface area contributed by atoms with Gasteiger partial charge in [0.05, 0.1) is 0 Å². The molecular weight excluding hydrogens is 276 g/mol. The number of hydrogen-bond acceptors (Lipinski definition) is 3. The summed E-state index contributed by atoms with van der Waals surface area (Å²) in [6.07, 6.45) is 7.54. The predicted octanol–water partition coefficient (Wildman–Crippen LogP) is 3.06. The molecule has 3 nitrogen and oxygen atoms in total. The van der Waals surface area contributed by atoms with Crippen molar-refractivity contribution in [2.24, 2.45) is 28.6 Å². The summed E-state index contributed by atoms with van der Waals surface area (Å²) in [6, 6.07) is 0. The highest BCUT2D eigenvalue weighted by Gasteiger charge is 2.61. The largest absolute Gasteiger partial charge is 0.385 e. The highest BCUT2D eigenvalue weighted by molar-refractivity contribution is 5.92. The summed E-state index contributed by atoms with van der Waals surface area (Å²) in [5.41, 5.74) is 1.20. The smallest absolute Gasteiger partial charge is 0.167 e. The Morgan fingerprint density at radius 1 is 1.05 bits per heavy atom. The number of aliphatic hydroxyl groups excluding tert-OH is 1. The average molecular weight is 302 g/mol. The minimum Gasteiger partial charge on any atom is -0.385 e. The average Bonchev–Trinajstić information content (AvgIpc) is 2.72. The zero-order chi connectivity index (χ0) is 15.7. The summed E-state index contributed by atoms with van der Waals surface area (Å²) in [5.74, 6) is 1.83. The molecule has 4 aliphatic carbocycles. The molecule has 0 bridgehead atoms. The molecule has 3 saturated carbocycles. The van der Waals surface area contributed by atoms with Crippen molar-refractivity contribution in [3.05, 3.63) is 11.6 Å². The molecule has 0 aliphatic heterocycles. The van der Waals surface area contributed by atoms with E-state index in [1.165, 1.54) is 5.57 Å². The van der Waals surface area contributed by atoms with Gasteiger partial charge in [0.25, 0.3) is 0 Å². The molecule has 0 unspecified atom stereocenters. The third-order valence-electron chi connectivity index (χ3n) is 7.69. The van der Waals surface area contributed by atoms with Gasteiger partial charge in [-0.15, -0.1) is 0 Å². The van der Waals surface area contributed by atoms with Crippen molar-refractivity contribution in [3.63, 3.8) is 0 Å². The Balaban J connectivity index is 1.70. The highest BCUT2D eigenvalue weighted by atomic mass is 16.3. The van der Waals surface area contributed by atoms with Crippen LogP contribution in [-0.4, -0.2) is 22.8 Å². The van der Waals surface area contributed by atoms with E-state index in [1.807, 2.05) is 6.08 Å². The monoisotopic (exact) mass is 302 g/mol. The Bertz CT molecular complexity index is 577. The third kappa shape index (κ3) is 1.72.